The van der Waals surface area contributed by atoms with Crippen molar-refractivity contribution < 1.29 is 23.5 Å². The Balaban J connectivity index is 1.60. The van der Waals surface area contributed by atoms with Crippen LogP contribution in [-0.2, 0) is 4.79 Å². The van der Waals surface area contributed by atoms with Gasteiger partial charge in [0.1, 0.15) is 17.4 Å². The molecular formula is C19H12ClF2N5O3. The molecule has 3 heterocycles. The molecule has 0 saturated heterocycles. The van der Waals surface area contributed by atoms with Crippen LogP contribution >= 0.6 is 11.6 Å². The highest BCUT2D eigenvalue weighted by Crippen LogP contribution is 2.39. The van der Waals surface area contributed by atoms with Crippen LogP contribution in [-0.4, -0.2) is 42.7 Å². The molecule has 1 aliphatic carbocycles. The number of nitrogens with one attached hydrogen (secondary N) is 2. The van der Waals surface area contributed by atoms with Gasteiger partial charge in [-0.05, 0) is 18.6 Å². The Hall–Kier alpha value is -3.53. The van der Waals surface area contributed by atoms with E-state index in [-0.39, 0.29) is 28.3 Å². The molecule has 2 atom stereocenters. The monoisotopic (exact) mass is 431 g/mol. The first kappa shape index (κ1) is 18.5. The van der Waals surface area contributed by atoms with Gasteiger partial charge < -0.3 is 14.8 Å². The molecule has 0 unspecified atom stereocenters. The van der Waals surface area contributed by atoms with Crippen molar-refractivity contribution in [2.75, 3.05) is 5.32 Å². The summed E-state index contributed by atoms with van der Waals surface area (Å²) < 4.78 is 29.4. The molecule has 1 amide bonds. The third-order valence-electron chi connectivity index (χ3n) is 5.04. The minimum atomic E-state index is -1.47. The molecule has 8 nitrogen and oxygen atoms in total. The van der Waals surface area contributed by atoms with E-state index in [1.165, 1.54) is 12.4 Å². The maximum atomic E-state index is 14.7. The van der Waals surface area contributed by atoms with E-state index in [0.717, 1.165) is 0 Å². The molecule has 5 rings (SSSR count). The number of aromatic carboxylic acids is 1. The highest BCUT2D eigenvalue weighted by molar-refractivity contribution is 6.36. The Morgan fingerprint density at radius 3 is 2.80 bits per heavy atom. The van der Waals surface area contributed by atoms with Gasteiger partial charge in [0.05, 0.1) is 28.9 Å². The predicted octanol–water partition coefficient (Wildman–Crippen LogP) is 3.66. The summed E-state index contributed by atoms with van der Waals surface area (Å²) in [5.41, 5.74) is 0.668. The quantitative estimate of drug-likeness (QED) is 0.456. The van der Waals surface area contributed by atoms with Gasteiger partial charge in [0, 0.05) is 22.7 Å². The molecule has 4 aromatic rings. The zero-order valence-corrected chi connectivity index (χ0v) is 15.7. The third kappa shape index (κ3) is 2.79. The van der Waals surface area contributed by atoms with Crippen molar-refractivity contribution in [1.29, 1.82) is 0 Å². The standard InChI is InChI=1S/C19H12ClF2N5O3/c20-15-13(9-4-23-26-17(9)14(16(15)22)19(29)30)7-1-2-12-24-11(6-27(12)5-7)25-18(28)8-3-10(8)21/h1-2,4-6,8,10H,3H2,(H,23,26)(H,25,28)(H,29,30)/t8-,10+/m1/s1. The topological polar surface area (TPSA) is 112 Å². The molecular weight excluding hydrogens is 420 g/mol. The van der Waals surface area contributed by atoms with Gasteiger partial charge in [-0.15, -0.1) is 0 Å². The summed E-state index contributed by atoms with van der Waals surface area (Å²) in [7, 11) is 0. The van der Waals surface area contributed by atoms with Crippen molar-refractivity contribution in [3.05, 3.63) is 47.1 Å². The van der Waals surface area contributed by atoms with E-state index in [4.69, 9.17) is 11.6 Å². The van der Waals surface area contributed by atoms with Crippen LogP contribution in [0.25, 0.3) is 27.7 Å². The molecule has 1 aromatic carbocycles. The van der Waals surface area contributed by atoms with Crippen molar-refractivity contribution in [1.82, 2.24) is 19.6 Å². The lowest BCUT2D eigenvalue weighted by Gasteiger charge is -2.10. The van der Waals surface area contributed by atoms with Crippen LogP contribution in [0.4, 0.5) is 14.6 Å². The van der Waals surface area contributed by atoms with E-state index in [9.17, 15) is 23.5 Å². The Kier molecular flexibility index (Phi) is 4.00. The smallest absolute Gasteiger partial charge is 0.340 e. The average molecular weight is 432 g/mol. The number of hydrogen-bond acceptors (Lipinski definition) is 4. The minimum Gasteiger partial charge on any atom is -0.478 e. The summed E-state index contributed by atoms with van der Waals surface area (Å²) in [5, 5.41) is 18.2. The van der Waals surface area contributed by atoms with Gasteiger partial charge in [-0.1, -0.05) is 11.6 Å². The van der Waals surface area contributed by atoms with E-state index < -0.39 is 35.3 Å². The Labute approximate surface area is 171 Å². The first-order chi connectivity index (χ1) is 14.3. The zero-order valence-electron chi connectivity index (χ0n) is 15.0. The van der Waals surface area contributed by atoms with Crippen molar-refractivity contribution in [3.63, 3.8) is 0 Å². The maximum absolute atomic E-state index is 14.7. The Morgan fingerprint density at radius 2 is 2.10 bits per heavy atom. The van der Waals surface area contributed by atoms with Crippen LogP contribution in [0.5, 0.6) is 0 Å². The van der Waals surface area contributed by atoms with Gasteiger partial charge in [-0.25, -0.2) is 18.6 Å². The molecule has 0 bridgehead atoms. The lowest BCUT2D eigenvalue weighted by molar-refractivity contribution is -0.117. The summed E-state index contributed by atoms with van der Waals surface area (Å²) >= 11 is 6.20. The van der Waals surface area contributed by atoms with Gasteiger partial charge >= 0.3 is 5.97 Å². The second kappa shape index (κ2) is 6.49. The number of amides is 1. The van der Waals surface area contributed by atoms with Crippen LogP contribution in [0.3, 0.4) is 0 Å². The van der Waals surface area contributed by atoms with Crippen LogP contribution < -0.4 is 5.32 Å². The largest absolute Gasteiger partial charge is 0.478 e. The summed E-state index contributed by atoms with van der Waals surface area (Å²) in [6, 6.07) is 3.27. The molecule has 11 heteroatoms. The molecule has 0 aliphatic heterocycles. The first-order valence-electron chi connectivity index (χ1n) is 8.86. The Bertz CT molecular complexity index is 1370. The van der Waals surface area contributed by atoms with Crippen molar-refractivity contribution in [2.45, 2.75) is 12.6 Å². The van der Waals surface area contributed by atoms with Crippen LogP contribution in [0, 0.1) is 11.7 Å². The fourth-order valence-corrected chi connectivity index (χ4v) is 3.76. The van der Waals surface area contributed by atoms with Gasteiger partial charge in [0.25, 0.3) is 0 Å². The van der Waals surface area contributed by atoms with Crippen molar-refractivity contribution >= 4 is 45.8 Å². The number of aromatic amines is 1. The second-order valence-corrected chi connectivity index (χ2v) is 7.38. The van der Waals surface area contributed by atoms with Gasteiger partial charge in [0.15, 0.2) is 11.6 Å². The number of benzene rings is 1. The molecule has 0 spiro atoms. The van der Waals surface area contributed by atoms with Gasteiger partial charge in [0.2, 0.25) is 5.91 Å². The zero-order chi connectivity index (χ0) is 21.2. The molecule has 1 saturated carbocycles. The molecule has 0 radical (unpaired) electrons. The molecule has 152 valence electrons. The second-order valence-electron chi connectivity index (χ2n) is 7.00. The number of aromatic nitrogens is 4. The van der Waals surface area contributed by atoms with E-state index in [0.29, 0.717) is 16.6 Å². The average Bonchev–Trinajstić information content (AvgIpc) is 3.08. The number of carboxylic acid groups (broad SMARTS) is 1. The SMILES string of the molecule is O=C(O)c1c(F)c(Cl)c(-c2ccc3nc(NC(=O)[C@@H]4C[C@@H]4F)cn3c2)c2cn[nH]c12. The molecule has 3 N–H and O–H groups in total. The third-order valence-corrected chi connectivity index (χ3v) is 5.40. The van der Waals surface area contributed by atoms with Crippen molar-refractivity contribution in [2.24, 2.45) is 5.92 Å². The number of carbonyl (C=O) groups is 2. The number of fused-ring (bicyclic) bond motifs is 2. The number of nitrogens with zero attached hydrogens (tertiary/aromatic N) is 3. The first-order valence-corrected chi connectivity index (χ1v) is 9.24. The molecule has 3 aromatic heterocycles. The molecule has 1 aliphatic rings. The summed E-state index contributed by atoms with van der Waals surface area (Å²) in [6.07, 6.45) is 3.61. The number of pyridine rings is 1. The highest BCUT2D eigenvalue weighted by Gasteiger charge is 2.43. The van der Waals surface area contributed by atoms with E-state index in [1.54, 1.807) is 22.7 Å². The number of rotatable bonds is 4. The summed E-state index contributed by atoms with van der Waals surface area (Å²) in [5.74, 6) is -3.36. The summed E-state index contributed by atoms with van der Waals surface area (Å²) in [6.45, 7) is 0. The number of imidazole rings is 1. The number of alkyl halides is 1. The lowest BCUT2D eigenvalue weighted by atomic mass is 9.99. The number of halogens is 3. The van der Waals surface area contributed by atoms with E-state index >= 15 is 0 Å². The number of hydrogen-bond donors (Lipinski definition) is 3. The summed E-state index contributed by atoms with van der Waals surface area (Å²) in [4.78, 5) is 27.6. The van der Waals surface area contributed by atoms with E-state index in [2.05, 4.69) is 20.5 Å². The van der Waals surface area contributed by atoms with Gasteiger partial charge in [-0.3, -0.25) is 9.89 Å². The lowest BCUT2D eigenvalue weighted by Crippen LogP contribution is -2.15. The number of anilines is 1. The maximum Gasteiger partial charge on any atom is 0.340 e. The number of carbonyl (C=O) groups excluding carboxylic acids is 1. The normalized spacial score (nSPS) is 18.1. The van der Waals surface area contributed by atoms with Crippen LogP contribution in [0.2, 0.25) is 5.02 Å². The fourth-order valence-electron chi connectivity index (χ4n) is 3.45. The highest BCUT2D eigenvalue weighted by atomic mass is 35.5. The Morgan fingerprint density at radius 1 is 1.33 bits per heavy atom. The van der Waals surface area contributed by atoms with Crippen LogP contribution in [0.15, 0.2) is 30.7 Å². The van der Waals surface area contributed by atoms with Crippen LogP contribution in [0.1, 0.15) is 16.8 Å². The number of H-pyrrole nitrogens is 1. The predicted molar refractivity (Wildman–Crippen MR) is 104 cm³/mol. The number of carboxylic acids is 1. The van der Waals surface area contributed by atoms with Crippen molar-refractivity contribution in [3.8, 4) is 11.1 Å². The minimum absolute atomic E-state index is 0.0169. The van der Waals surface area contributed by atoms with Gasteiger partial charge in [-0.2, -0.15) is 5.10 Å². The molecule has 30 heavy (non-hydrogen) atoms. The fraction of sp³-hybridized carbons (Fsp3) is 0.158. The van der Waals surface area contributed by atoms with E-state index in [1.807, 2.05) is 0 Å². The molecule has 1 fully saturated rings.